The summed E-state index contributed by atoms with van der Waals surface area (Å²) >= 11 is 0. The van der Waals surface area contributed by atoms with Gasteiger partial charge in [-0.2, -0.15) is 18.3 Å². The fourth-order valence-electron chi connectivity index (χ4n) is 3.29. The largest absolute Gasteiger partial charge is 0.474 e. The summed E-state index contributed by atoms with van der Waals surface area (Å²) in [6, 6.07) is 5.64. The third-order valence-corrected chi connectivity index (χ3v) is 4.53. The summed E-state index contributed by atoms with van der Waals surface area (Å²) in [4.78, 5) is 4.27. The minimum absolute atomic E-state index is 0.0688. The molecule has 0 spiro atoms. The summed E-state index contributed by atoms with van der Waals surface area (Å²) in [5.74, 6) is 0.372. The number of fused-ring (bicyclic) bond motifs is 1. The molecule has 4 nitrogen and oxygen atoms in total. The van der Waals surface area contributed by atoms with Gasteiger partial charge in [0.15, 0.2) is 0 Å². The molecule has 4 rings (SSSR count). The Morgan fingerprint density at radius 1 is 1.12 bits per heavy atom. The standard InChI is InChI=1S/C18H16F3N3O/c19-18(20,21)11-8-14(15-10-23-24-16(15)9-11)13-6-3-7-22-17(13)25-12-4-1-2-5-12/h3,6-10,12H,1-2,4-5H2,(H,23,24). The maximum Gasteiger partial charge on any atom is 0.416 e. The lowest BCUT2D eigenvalue weighted by Crippen LogP contribution is -2.12. The van der Waals surface area contributed by atoms with Crippen molar-refractivity contribution < 1.29 is 17.9 Å². The van der Waals surface area contributed by atoms with E-state index in [2.05, 4.69) is 15.2 Å². The normalized spacial score (nSPS) is 15.8. The van der Waals surface area contributed by atoms with Crippen LogP contribution in [0.1, 0.15) is 31.2 Å². The number of halogens is 3. The number of benzene rings is 1. The molecule has 1 aromatic carbocycles. The van der Waals surface area contributed by atoms with E-state index in [1.54, 1.807) is 18.3 Å². The molecule has 2 heterocycles. The van der Waals surface area contributed by atoms with Crippen LogP contribution in [0.3, 0.4) is 0 Å². The second-order valence-corrected chi connectivity index (χ2v) is 6.23. The zero-order valence-electron chi connectivity index (χ0n) is 13.3. The van der Waals surface area contributed by atoms with E-state index in [0.29, 0.717) is 27.9 Å². The molecule has 1 N–H and O–H groups in total. The summed E-state index contributed by atoms with van der Waals surface area (Å²) in [5.41, 5.74) is 0.571. The lowest BCUT2D eigenvalue weighted by atomic mass is 9.99. The topological polar surface area (TPSA) is 50.8 Å². The highest BCUT2D eigenvalue weighted by Gasteiger charge is 2.32. The van der Waals surface area contributed by atoms with Gasteiger partial charge < -0.3 is 4.74 Å². The van der Waals surface area contributed by atoms with Crippen LogP contribution in [0.4, 0.5) is 13.2 Å². The molecule has 0 aliphatic heterocycles. The zero-order chi connectivity index (χ0) is 17.4. The van der Waals surface area contributed by atoms with Crippen LogP contribution in [0.25, 0.3) is 22.0 Å². The highest BCUT2D eigenvalue weighted by atomic mass is 19.4. The Morgan fingerprint density at radius 2 is 1.92 bits per heavy atom. The molecule has 3 aromatic rings. The van der Waals surface area contributed by atoms with Crippen molar-refractivity contribution in [3.8, 4) is 17.0 Å². The van der Waals surface area contributed by atoms with E-state index in [0.717, 1.165) is 37.8 Å². The van der Waals surface area contributed by atoms with Gasteiger partial charge in [-0.15, -0.1) is 0 Å². The van der Waals surface area contributed by atoms with Crippen LogP contribution in [0, 0.1) is 0 Å². The maximum atomic E-state index is 13.3. The monoisotopic (exact) mass is 347 g/mol. The number of rotatable bonds is 3. The van der Waals surface area contributed by atoms with Crippen molar-refractivity contribution in [2.75, 3.05) is 0 Å². The highest BCUT2D eigenvalue weighted by molar-refractivity contribution is 5.96. The van der Waals surface area contributed by atoms with Crippen LogP contribution in [-0.4, -0.2) is 21.3 Å². The first-order valence-corrected chi connectivity index (χ1v) is 8.19. The van der Waals surface area contributed by atoms with Crippen molar-refractivity contribution in [1.29, 1.82) is 0 Å². The van der Waals surface area contributed by atoms with Crippen LogP contribution in [-0.2, 0) is 6.18 Å². The maximum absolute atomic E-state index is 13.3. The molecule has 0 amide bonds. The number of pyridine rings is 1. The number of nitrogens with one attached hydrogen (secondary N) is 1. The van der Waals surface area contributed by atoms with Gasteiger partial charge in [-0.3, -0.25) is 5.10 Å². The van der Waals surface area contributed by atoms with Crippen LogP contribution in [0.5, 0.6) is 5.88 Å². The molecule has 25 heavy (non-hydrogen) atoms. The Hall–Kier alpha value is -2.57. The molecule has 0 bridgehead atoms. The third-order valence-electron chi connectivity index (χ3n) is 4.53. The van der Waals surface area contributed by atoms with Gasteiger partial charge in [0.2, 0.25) is 5.88 Å². The first-order valence-electron chi connectivity index (χ1n) is 8.19. The molecule has 0 radical (unpaired) electrons. The first kappa shape index (κ1) is 15.9. The minimum atomic E-state index is -4.44. The molecule has 1 aliphatic carbocycles. The van der Waals surface area contributed by atoms with Crippen molar-refractivity contribution in [1.82, 2.24) is 15.2 Å². The van der Waals surface area contributed by atoms with Gasteiger partial charge in [-0.05, 0) is 55.5 Å². The Labute approximate surface area is 142 Å². The average molecular weight is 347 g/mol. The molecular weight excluding hydrogens is 331 g/mol. The van der Waals surface area contributed by atoms with Crippen molar-refractivity contribution in [3.05, 3.63) is 42.2 Å². The molecule has 1 aliphatic rings. The summed E-state index contributed by atoms with van der Waals surface area (Å²) in [7, 11) is 0. The Morgan fingerprint density at radius 3 is 2.68 bits per heavy atom. The van der Waals surface area contributed by atoms with E-state index < -0.39 is 11.7 Å². The molecule has 1 fully saturated rings. The molecule has 7 heteroatoms. The van der Waals surface area contributed by atoms with Gasteiger partial charge in [0.05, 0.1) is 17.3 Å². The molecule has 0 unspecified atom stereocenters. The number of aromatic nitrogens is 3. The number of hydrogen-bond donors (Lipinski definition) is 1. The molecule has 0 saturated heterocycles. The lowest BCUT2D eigenvalue weighted by Gasteiger charge is -2.16. The van der Waals surface area contributed by atoms with Gasteiger partial charge in [-0.1, -0.05) is 0 Å². The number of ether oxygens (including phenoxy) is 1. The predicted molar refractivity (Wildman–Crippen MR) is 87.2 cm³/mol. The van der Waals surface area contributed by atoms with Gasteiger partial charge >= 0.3 is 6.18 Å². The molecule has 130 valence electrons. The van der Waals surface area contributed by atoms with E-state index in [1.807, 2.05) is 0 Å². The summed E-state index contributed by atoms with van der Waals surface area (Å²) in [6.07, 6.45) is 2.83. The molecule has 0 atom stereocenters. The third kappa shape index (κ3) is 3.06. The van der Waals surface area contributed by atoms with E-state index in [9.17, 15) is 13.2 Å². The predicted octanol–water partition coefficient (Wildman–Crippen LogP) is 4.97. The Kier molecular flexibility index (Phi) is 3.86. The zero-order valence-corrected chi connectivity index (χ0v) is 13.3. The van der Waals surface area contributed by atoms with Gasteiger partial charge in [0, 0.05) is 17.1 Å². The number of aromatic amines is 1. The quantitative estimate of drug-likeness (QED) is 0.728. The van der Waals surface area contributed by atoms with Crippen LogP contribution >= 0.6 is 0 Å². The van der Waals surface area contributed by atoms with E-state index in [-0.39, 0.29) is 6.10 Å². The number of alkyl halides is 3. The molecule has 2 aromatic heterocycles. The SMILES string of the molecule is FC(F)(F)c1cc(-c2cccnc2OC2CCCC2)c2cn[nH]c2c1. The van der Waals surface area contributed by atoms with Gasteiger partial charge in [-0.25, -0.2) is 4.98 Å². The van der Waals surface area contributed by atoms with Crippen molar-refractivity contribution in [2.24, 2.45) is 0 Å². The van der Waals surface area contributed by atoms with Crippen LogP contribution < -0.4 is 4.74 Å². The fourth-order valence-corrected chi connectivity index (χ4v) is 3.29. The van der Waals surface area contributed by atoms with E-state index >= 15 is 0 Å². The van der Waals surface area contributed by atoms with E-state index in [1.165, 1.54) is 6.20 Å². The van der Waals surface area contributed by atoms with Crippen LogP contribution in [0.15, 0.2) is 36.7 Å². The van der Waals surface area contributed by atoms with Gasteiger partial charge in [0.25, 0.3) is 0 Å². The second-order valence-electron chi connectivity index (χ2n) is 6.23. The fraction of sp³-hybridized carbons (Fsp3) is 0.333. The minimum Gasteiger partial charge on any atom is -0.474 e. The molecule has 1 saturated carbocycles. The number of nitrogens with zero attached hydrogens (tertiary/aromatic N) is 2. The summed E-state index contributed by atoms with van der Waals surface area (Å²) < 4.78 is 45.8. The van der Waals surface area contributed by atoms with E-state index in [4.69, 9.17) is 4.74 Å². The van der Waals surface area contributed by atoms with Crippen molar-refractivity contribution in [2.45, 2.75) is 38.0 Å². The average Bonchev–Trinajstić information content (AvgIpc) is 3.24. The smallest absolute Gasteiger partial charge is 0.416 e. The highest BCUT2D eigenvalue weighted by Crippen LogP contribution is 2.39. The number of H-pyrrole nitrogens is 1. The lowest BCUT2D eigenvalue weighted by molar-refractivity contribution is -0.137. The van der Waals surface area contributed by atoms with Crippen molar-refractivity contribution >= 4 is 10.9 Å². The summed E-state index contributed by atoms with van der Waals surface area (Å²) in [5, 5.41) is 7.12. The molecular formula is C18H16F3N3O. The Bertz CT molecular complexity index is 898. The number of hydrogen-bond acceptors (Lipinski definition) is 3. The first-order chi connectivity index (χ1) is 12.0. The second kappa shape index (κ2) is 6.06. The van der Waals surface area contributed by atoms with Gasteiger partial charge in [0.1, 0.15) is 6.10 Å². The van der Waals surface area contributed by atoms with Crippen molar-refractivity contribution in [3.63, 3.8) is 0 Å². The van der Waals surface area contributed by atoms with Crippen LogP contribution in [0.2, 0.25) is 0 Å². The summed E-state index contributed by atoms with van der Waals surface area (Å²) in [6.45, 7) is 0. The Balaban J connectivity index is 1.85.